The number of carbonyl (C=O) groups excluding carboxylic acids is 3. The van der Waals surface area contributed by atoms with Crippen LogP contribution in [0, 0.1) is 5.41 Å². The molecule has 0 radical (unpaired) electrons. The fourth-order valence-electron chi connectivity index (χ4n) is 4.89. The number of imidazole rings is 1. The molecule has 3 heterocycles. The molecule has 11 N–H and O–H groups in total. The number of phosphoric ester groups is 3. The Balaban J connectivity index is 1.48. The molecule has 0 saturated carbocycles. The fourth-order valence-corrected chi connectivity index (χ4v) is 8.44. The number of anilines is 1. The summed E-state index contributed by atoms with van der Waals surface area (Å²) in [7, 11) is -16.4. The van der Waals surface area contributed by atoms with Crippen LogP contribution in [0.3, 0.4) is 0 Å². The number of aromatic nitrogens is 4. The lowest BCUT2D eigenvalue weighted by atomic mass is 9.87. The molecule has 0 aliphatic carbocycles. The third-order valence-electron chi connectivity index (χ3n) is 7.85. The summed E-state index contributed by atoms with van der Waals surface area (Å²) in [6, 6.07) is 0. The van der Waals surface area contributed by atoms with Crippen molar-refractivity contribution in [2.75, 3.05) is 37.8 Å². The summed E-state index contributed by atoms with van der Waals surface area (Å²) in [6.45, 7) is 2.26. The monoisotopic (exact) mass is 881 g/mol. The van der Waals surface area contributed by atoms with Gasteiger partial charge in [0.2, 0.25) is 16.9 Å². The van der Waals surface area contributed by atoms with E-state index in [2.05, 4.69) is 34.4 Å². The summed E-state index contributed by atoms with van der Waals surface area (Å²) in [5.41, 5.74) is 4.23. The van der Waals surface area contributed by atoms with Gasteiger partial charge in [-0.25, -0.2) is 28.6 Å². The molecule has 1 fully saturated rings. The Morgan fingerprint density at radius 3 is 2.39 bits per heavy atom. The minimum absolute atomic E-state index is 0.0259. The van der Waals surface area contributed by atoms with Gasteiger partial charge in [0.15, 0.2) is 17.7 Å². The summed E-state index contributed by atoms with van der Waals surface area (Å²) < 4.78 is 62.0. The molecule has 0 spiro atoms. The van der Waals surface area contributed by atoms with Crippen molar-refractivity contribution in [1.29, 1.82) is 0 Å². The van der Waals surface area contributed by atoms with E-state index in [1.807, 2.05) is 6.92 Å². The average Bonchev–Trinajstić information content (AvgIpc) is 3.66. The second-order valence-corrected chi connectivity index (χ2v) is 18.2. The zero-order valence-electron chi connectivity index (χ0n) is 30.2. The lowest BCUT2D eigenvalue weighted by Crippen LogP contribution is -2.46. The number of nitrogens with two attached hydrogens (primary N) is 1. The number of rotatable bonds is 23. The number of ether oxygens (including phenoxy) is 1. The number of hydrogen-bond acceptors (Lipinski definition) is 19. The number of fused-ring (bicyclic) bond motifs is 1. The molecule has 25 nitrogen and oxygen atoms in total. The van der Waals surface area contributed by atoms with Crippen LogP contribution >= 0.6 is 35.2 Å². The Hall–Kier alpha value is -2.48. The Kier molecular flexibility index (Phi) is 17.5. The molecule has 29 heteroatoms. The molecule has 2 amide bonds. The van der Waals surface area contributed by atoms with Gasteiger partial charge in [0, 0.05) is 30.7 Å². The van der Waals surface area contributed by atoms with E-state index in [1.165, 1.54) is 13.8 Å². The van der Waals surface area contributed by atoms with Crippen LogP contribution in [0.1, 0.15) is 52.7 Å². The summed E-state index contributed by atoms with van der Waals surface area (Å²) in [4.78, 5) is 87.4. The van der Waals surface area contributed by atoms with Gasteiger partial charge in [-0.1, -0.05) is 45.4 Å². The molecule has 8 atom stereocenters. The second-order valence-electron chi connectivity index (χ2n) is 12.9. The van der Waals surface area contributed by atoms with Crippen LogP contribution in [0.25, 0.3) is 11.2 Å². The molecule has 2 aromatic rings. The molecule has 2 aromatic heterocycles. The largest absolute Gasteiger partial charge is 0.481 e. The number of unbranched alkanes of at least 4 members (excludes halogenated alkanes) is 1. The number of nitrogen functional groups attached to an aromatic ring is 1. The van der Waals surface area contributed by atoms with E-state index in [0.29, 0.717) is 12.8 Å². The molecule has 1 saturated heterocycles. The van der Waals surface area contributed by atoms with E-state index in [4.69, 9.17) is 19.5 Å². The predicted octanol–water partition coefficient (Wildman–Crippen LogP) is -0.784. The SMILES string of the molecule is CCCC[C@@H](O)C(=O)SCCNC(=O)CCNC(=O)[C@H](O)C(C)(C)COP(=O)(O)OP(=O)(O)OC[C@H]1O[C@@H](n2cnc3c(N)ncnc32)[C@H](O)[C@@H]1OP(=O)(O)O. The van der Waals surface area contributed by atoms with Gasteiger partial charge in [0.05, 0.1) is 19.5 Å². The van der Waals surface area contributed by atoms with Gasteiger partial charge in [0.1, 0.15) is 42.4 Å². The Morgan fingerprint density at radius 1 is 1.05 bits per heavy atom. The maximum Gasteiger partial charge on any atom is 0.481 e. The van der Waals surface area contributed by atoms with Crippen LogP contribution in [-0.2, 0) is 50.7 Å². The Labute approximate surface area is 323 Å². The summed E-state index contributed by atoms with van der Waals surface area (Å²) in [5, 5.41) is 35.6. The van der Waals surface area contributed by atoms with E-state index in [0.717, 1.165) is 35.4 Å². The molecular weight excluding hydrogens is 835 g/mol. The first-order valence-electron chi connectivity index (χ1n) is 16.7. The highest BCUT2D eigenvalue weighted by Gasteiger charge is 2.50. The molecule has 0 aromatic carbocycles. The quantitative estimate of drug-likeness (QED) is 0.0483. The third-order valence-corrected chi connectivity index (χ3v) is 11.9. The lowest BCUT2D eigenvalue weighted by molar-refractivity contribution is -0.137. The van der Waals surface area contributed by atoms with Crippen LogP contribution in [0.2, 0.25) is 0 Å². The number of aliphatic hydroxyl groups excluding tert-OH is 3. The van der Waals surface area contributed by atoms with Crippen LogP contribution in [0.4, 0.5) is 5.82 Å². The third kappa shape index (κ3) is 14.4. The van der Waals surface area contributed by atoms with E-state index < -0.39 is 95.8 Å². The average molecular weight is 882 g/mol. The van der Waals surface area contributed by atoms with Gasteiger partial charge >= 0.3 is 23.5 Å². The number of phosphoric acid groups is 3. The minimum atomic E-state index is -5.58. The van der Waals surface area contributed by atoms with Crippen LogP contribution in [0.15, 0.2) is 12.7 Å². The number of thioether (sulfide) groups is 1. The normalized spacial score (nSPS) is 22.2. The zero-order valence-corrected chi connectivity index (χ0v) is 33.7. The summed E-state index contributed by atoms with van der Waals surface area (Å²) in [5.74, 6) is -1.31. The van der Waals surface area contributed by atoms with Crippen LogP contribution in [0.5, 0.6) is 0 Å². The highest BCUT2D eigenvalue weighted by molar-refractivity contribution is 8.13. The minimum Gasteiger partial charge on any atom is -0.386 e. The zero-order chi connectivity index (χ0) is 42.1. The van der Waals surface area contributed by atoms with Crippen LogP contribution in [-0.4, -0.2) is 134 Å². The van der Waals surface area contributed by atoms with Gasteiger partial charge in [-0.15, -0.1) is 0 Å². The van der Waals surface area contributed by atoms with Crippen molar-refractivity contribution >= 4 is 69.1 Å². The molecule has 56 heavy (non-hydrogen) atoms. The molecule has 0 bridgehead atoms. The van der Waals surface area contributed by atoms with Crippen molar-refractivity contribution in [2.24, 2.45) is 5.41 Å². The maximum atomic E-state index is 12.7. The number of hydrogen-bond donors (Lipinski definition) is 10. The molecule has 1 aliphatic rings. The van der Waals surface area contributed by atoms with Crippen molar-refractivity contribution in [1.82, 2.24) is 30.2 Å². The summed E-state index contributed by atoms with van der Waals surface area (Å²) in [6.07, 6.45) is -6.19. The van der Waals surface area contributed by atoms with Gasteiger partial charge in [-0.3, -0.25) is 32.5 Å². The molecule has 2 unspecified atom stereocenters. The van der Waals surface area contributed by atoms with Gasteiger partial charge < -0.3 is 56.0 Å². The van der Waals surface area contributed by atoms with Gasteiger partial charge in [-0.05, 0) is 6.42 Å². The topological polar surface area (TPSA) is 384 Å². The van der Waals surface area contributed by atoms with Crippen molar-refractivity contribution in [3.63, 3.8) is 0 Å². The van der Waals surface area contributed by atoms with E-state index in [-0.39, 0.29) is 42.2 Å². The first-order chi connectivity index (χ1) is 26.0. The summed E-state index contributed by atoms with van der Waals surface area (Å²) >= 11 is 0.879. The van der Waals surface area contributed by atoms with Crippen molar-refractivity contribution in [3.05, 3.63) is 12.7 Å². The predicted molar refractivity (Wildman–Crippen MR) is 193 cm³/mol. The van der Waals surface area contributed by atoms with Gasteiger partial charge in [-0.2, -0.15) is 4.31 Å². The van der Waals surface area contributed by atoms with Crippen LogP contribution < -0.4 is 16.4 Å². The molecular formula is C27H46N7O18P3S. The molecule has 318 valence electrons. The Bertz CT molecular complexity index is 1820. The lowest BCUT2D eigenvalue weighted by Gasteiger charge is -2.30. The number of nitrogens with zero attached hydrogens (tertiary/aromatic N) is 4. The number of nitrogens with one attached hydrogen (secondary N) is 2. The van der Waals surface area contributed by atoms with Crippen molar-refractivity contribution < 1.29 is 85.6 Å². The first-order valence-corrected chi connectivity index (χ1v) is 22.2. The van der Waals surface area contributed by atoms with E-state index in [9.17, 15) is 63.0 Å². The van der Waals surface area contributed by atoms with E-state index >= 15 is 0 Å². The van der Waals surface area contributed by atoms with Crippen molar-refractivity contribution in [3.8, 4) is 0 Å². The van der Waals surface area contributed by atoms with E-state index in [1.54, 1.807) is 0 Å². The van der Waals surface area contributed by atoms with Gasteiger partial charge in [0.25, 0.3) is 0 Å². The highest BCUT2D eigenvalue weighted by atomic mass is 32.2. The maximum absolute atomic E-state index is 12.7. The molecule has 3 rings (SSSR count). The fraction of sp³-hybridized carbons (Fsp3) is 0.704. The first kappa shape index (κ1) is 47.9. The van der Waals surface area contributed by atoms with Crippen molar-refractivity contribution in [2.45, 2.75) is 83.2 Å². The smallest absolute Gasteiger partial charge is 0.386 e. The number of carbonyl (C=O) groups is 3. The standard InChI is InChI=1S/C27H46N7O18P3S/c1-4-5-6-15(35)26(40)56-10-9-29-17(36)7-8-30-24(39)21(38)27(2,3)12-49-55(46,47)52-54(44,45)48-11-16-20(51-53(41,42)43)19(37)25(50-16)34-14-33-18-22(28)31-13-32-23(18)34/h13-16,19-21,25,35,37-38H,4-12H2,1-3H3,(H,29,36)(H,30,39)(H,44,45)(H,46,47)(H2,28,31,32)(H2,41,42,43)/t15-,16-,19-,20-,21+,25-/m1/s1. The highest BCUT2D eigenvalue weighted by Crippen LogP contribution is 2.61. The second kappa shape index (κ2) is 20.5. The Morgan fingerprint density at radius 2 is 1.73 bits per heavy atom. The number of amides is 2. The molecule has 1 aliphatic heterocycles. The number of aliphatic hydroxyl groups is 3.